The van der Waals surface area contributed by atoms with Gasteiger partial charge in [0.25, 0.3) is 0 Å². The quantitative estimate of drug-likeness (QED) is 0.611. The molecular weight excluding hydrogens is 354 g/mol. The van der Waals surface area contributed by atoms with E-state index in [2.05, 4.69) is 29.4 Å². The summed E-state index contributed by atoms with van der Waals surface area (Å²) in [4.78, 5) is 4.43. The highest BCUT2D eigenvalue weighted by Crippen LogP contribution is 2.37. The number of nitriles is 1. The van der Waals surface area contributed by atoms with Crippen molar-refractivity contribution in [3.8, 4) is 17.6 Å². The highest BCUT2D eigenvalue weighted by Gasteiger charge is 2.15. The lowest BCUT2D eigenvalue weighted by atomic mass is 10.1. The Morgan fingerprint density at radius 1 is 1.07 bits per heavy atom. The van der Waals surface area contributed by atoms with Crippen molar-refractivity contribution < 1.29 is 14.2 Å². The van der Waals surface area contributed by atoms with Crippen molar-refractivity contribution in [2.45, 2.75) is 13.8 Å². The molecule has 0 amide bonds. The maximum absolute atomic E-state index is 9.59. The molecule has 6 nitrogen and oxygen atoms in total. The number of ether oxygens (including phenoxy) is 3. The van der Waals surface area contributed by atoms with E-state index in [9.17, 15) is 5.26 Å². The van der Waals surface area contributed by atoms with Gasteiger partial charge in [-0.25, -0.2) is 0 Å². The molecule has 0 aliphatic carbocycles. The van der Waals surface area contributed by atoms with E-state index in [-0.39, 0.29) is 0 Å². The van der Waals surface area contributed by atoms with Crippen LogP contribution in [0.3, 0.4) is 0 Å². The van der Waals surface area contributed by atoms with E-state index in [1.807, 2.05) is 31.2 Å². The van der Waals surface area contributed by atoms with Gasteiger partial charge in [0.05, 0.1) is 30.5 Å². The average Bonchev–Trinajstić information content (AvgIpc) is 2.69. The lowest BCUT2D eigenvalue weighted by molar-refractivity contribution is 0.144. The van der Waals surface area contributed by atoms with E-state index in [1.165, 1.54) is 5.56 Å². The summed E-state index contributed by atoms with van der Waals surface area (Å²) in [5.74, 6) is 1.16. The molecule has 6 heteroatoms. The van der Waals surface area contributed by atoms with Crippen LogP contribution in [0.1, 0.15) is 16.7 Å². The first-order valence-electron chi connectivity index (χ1n) is 8.94. The number of nitrogens with one attached hydrogen (secondary N) is 1. The van der Waals surface area contributed by atoms with Gasteiger partial charge in [-0.15, -0.1) is 0 Å². The van der Waals surface area contributed by atoms with Crippen LogP contribution in [-0.2, 0) is 4.74 Å². The molecule has 1 N–H and O–H groups in total. The summed E-state index contributed by atoms with van der Waals surface area (Å²) in [6.45, 7) is 4.96. The minimum atomic E-state index is 0.405. The first-order valence-corrected chi connectivity index (χ1v) is 8.94. The number of anilines is 2. The average molecular weight is 377 g/mol. The Bertz CT molecular complexity index is 1040. The van der Waals surface area contributed by atoms with Crippen molar-refractivity contribution in [2.75, 3.05) is 32.8 Å². The van der Waals surface area contributed by atoms with Crippen LogP contribution in [0.5, 0.6) is 11.5 Å². The lowest BCUT2D eigenvalue weighted by Crippen LogP contribution is -2.06. The lowest BCUT2D eigenvalue weighted by Gasteiger charge is -2.16. The second-order valence-electron chi connectivity index (χ2n) is 6.46. The smallest absolute Gasteiger partial charge is 0.163 e. The minimum Gasteiger partial charge on any atom is -0.493 e. The predicted molar refractivity (Wildman–Crippen MR) is 110 cm³/mol. The van der Waals surface area contributed by atoms with Gasteiger partial charge in [0, 0.05) is 30.4 Å². The third-order valence-corrected chi connectivity index (χ3v) is 4.46. The van der Waals surface area contributed by atoms with E-state index in [0.717, 1.165) is 16.6 Å². The van der Waals surface area contributed by atoms with Gasteiger partial charge in [-0.2, -0.15) is 5.26 Å². The number of aryl methyl sites for hydroxylation is 2. The molecule has 0 bridgehead atoms. The molecule has 0 atom stereocenters. The Morgan fingerprint density at radius 3 is 2.57 bits per heavy atom. The monoisotopic (exact) mass is 377 g/mol. The zero-order valence-corrected chi connectivity index (χ0v) is 16.5. The molecule has 144 valence electrons. The standard InChI is InChI=1S/C22H23N3O3/c1-14-5-6-18(15(2)9-14)25-22-16(12-23)13-24-19-11-21(28-8-7-26-3)20(27-4)10-17(19)22/h5-6,9-11,13H,7-8H2,1-4H3,(H,24,25). The molecule has 0 spiro atoms. The second kappa shape index (κ2) is 8.59. The molecule has 2 aromatic carbocycles. The van der Waals surface area contributed by atoms with Crippen molar-refractivity contribution in [1.82, 2.24) is 4.98 Å². The maximum atomic E-state index is 9.59. The third kappa shape index (κ3) is 4.00. The summed E-state index contributed by atoms with van der Waals surface area (Å²) in [6.07, 6.45) is 1.57. The Hall–Kier alpha value is -3.30. The van der Waals surface area contributed by atoms with Crippen LogP contribution in [-0.4, -0.2) is 32.4 Å². The molecule has 3 aromatic rings. The summed E-state index contributed by atoms with van der Waals surface area (Å²) >= 11 is 0. The first-order chi connectivity index (χ1) is 13.6. The number of hydrogen-bond donors (Lipinski definition) is 1. The van der Waals surface area contributed by atoms with Crippen LogP contribution in [0.15, 0.2) is 36.5 Å². The molecule has 0 saturated heterocycles. The molecule has 1 heterocycles. The van der Waals surface area contributed by atoms with Gasteiger partial charge in [0.15, 0.2) is 11.5 Å². The highest BCUT2D eigenvalue weighted by molar-refractivity contribution is 5.97. The fourth-order valence-electron chi connectivity index (χ4n) is 3.02. The van der Waals surface area contributed by atoms with Crippen molar-refractivity contribution in [2.24, 2.45) is 0 Å². The van der Waals surface area contributed by atoms with Crippen molar-refractivity contribution in [3.63, 3.8) is 0 Å². The van der Waals surface area contributed by atoms with Crippen molar-refractivity contribution in [1.29, 1.82) is 5.26 Å². The molecule has 1 aromatic heterocycles. The fourth-order valence-corrected chi connectivity index (χ4v) is 3.02. The Kier molecular flexibility index (Phi) is 5.97. The maximum Gasteiger partial charge on any atom is 0.163 e. The normalized spacial score (nSPS) is 10.5. The second-order valence-corrected chi connectivity index (χ2v) is 6.46. The van der Waals surface area contributed by atoms with Crippen LogP contribution >= 0.6 is 0 Å². The number of methoxy groups -OCH3 is 2. The van der Waals surface area contributed by atoms with Gasteiger partial charge in [-0.3, -0.25) is 4.98 Å². The van der Waals surface area contributed by atoms with Gasteiger partial charge in [-0.05, 0) is 31.5 Å². The van der Waals surface area contributed by atoms with E-state index >= 15 is 0 Å². The fraction of sp³-hybridized carbons (Fsp3) is 0.273. The summed E-state index contributed by atoms with van der Waals surface area (Å²) in [5.41, 5.74) is 5.08. The molecule has 0 aliphatic rings. The topological polar surface area (TPSA) is 76.4 Å². The van der Waals surface area contributed by atoms with Crippen LogP contribution in [0, 0.1) is 25.2 Å². The zero-order chi connectivity index (χ0) is 20.1. The third-order valence-electron chi connectivity index (χ3n) is 4.46. The number of aromatic nitrogens is 1. The Morgan fingerprint density at radius 2 is 1.89 bits per heavy atom. The molecular formula is C22H23N3O3. The van der Waals surface area contributed by atoms with Crippen molar-refractivity contribution >= 4 is 22.3 Å². The first kappa shape index (κ1) is 19.5. The minimum absolute atomic E-state index is 0.405. The van der Waals surface area contributed by atoms with Crippen LogP contribution in [0.2, 0.25) is 0 Å². The highest BCUT2D eigenvalue weighted by atomic mass is 16.5. The summed E-state index contributed by atoms with van der Waals surface area (Å²) in [5, 5.41) is 13.8. The Labute approximate surface area is 164 Å². The SMILES string of the molecule is COCCOc1cc2ncc(C#N)c(Nc3ccc(C)cc3C)c2cc1OC. The molecule has 0 radical (unpaired) electrons. The predicted octanol–water partition coefficient (Wildman–Crippen LogP) is 4.50. The summed E-state index contributed by atoms with van der Waals surface area (Å²) in [6, 6.07) is 12.0. The van der Waals surface area contributed by atoms with E-state index in [4.69, 9.17) is 14.2 Å². The van der Waals surface area contributed by atoms with Crippen LogP contribution in [0.25, 0.3) is 10.9 Å². The molecule has 0 aliphatic heterocycles. The molecule has 0 fully saturated rings. The number of pyridine rings is 1. The summed E-state index contributed by atoms with van der Waals surface area (Å²) in [7, 11) is 3.21. The van der Waals surface area contributed by atoms with E-state index < -0.39 is 0 Å². The van der Waals surface area contributed by atoms with E-state index in [1.54, 1.807) is 20.4 Å². The van der Waals surface area contributed by atoms with Gasteiger partial charge in [0.1, 0.15) is 12.7 Å². The summed E-state index contributed by atoms with van der Waals surface area (Å²) < 4.78 is 16.3. The van der Waals surface area contributed by atoms with Gasteiger partial charge >= 0.3 is 0 Å². The molecule has 28 heavy (non-hydrogen) atoms. The number of benzene rings is 2. The molecule has 0 saturated carbocycles. The Balaban J connectivity index is 2.10. The van der Waals surface area contributed by atoms with Crippen LogP contribution in [0.4, 0.5) is 11.4 Å². The number of nitrogens with zero attached hydrogens (tertiary/aromatic N) is 2. The molecule has 0 unspecified atom stereocenters. The number of fused-ring (bicyclic) bond motifs is 1. The van der Waals surface area contributed by atoms with Crippen LogP contribution < -0.4 is 14.8 Å². The van der Waals surface area contributed by atoms with Gasteiger partial charge < -0.3 is 19.5 Å². The van der Waals surface area contributed by atoms with Crippen molar-refractivity contribution in [3.05, 3.63) is 53.2 Å². The number of rotatable bonds is 7. The number of hydrogen-bond acceptors (Lipinski definition) is 6. The van der Waals surface area contributed by atoms with Gasteiger partial charge in [-0.1, -0.05) is 17.7 Å². The zero-order valence-electron chi connectivity index (χ0n) is 16.5. The van der Waals surface area contributed by atoms with E-state index in [0.29, 0.717) is 41.5 Å². The molecule has 3 rings (SSSR count). The van der Waals surface area contributed by atoms with Gasteiger partial charge in [0.2, 0.25) is 0 Å². The largest absolute Gasteiger partial charge is 0.493 e.